The second-order valence-electron chi connectivity index (χ2n) is 3.75. The minimum absolute atomic E-state index is 0.603. The molecule has 0 atom stereocenters. The van der Waals surface area contributed by atoms with Crippen LogP contribution in [-0.2, 0) is 0 Å². The summed E-state index contributed by atoms with van der Waals surface area (Å²) in [5, 5.41) is 0.603. The van der Waals surface area contributed by atoms with Crippen LogP contribution in [0.15, 0.2) is 30.6 Å². The van der Waals surface area contributed by atoms with Gasteiger partial charge in [-0.15, -0.1) is 0 Å². The molecule has 2 rings (SSSR count). The van der Waals surface area contributed by atoms with Crippen molar-refractivity contribution in [2.45, 2.75) is 6.92 Å². The number of anilines is 3. The Labute approximate surface area is 105 Å². The average Bonchev–Trinajstić information content (AvgIpc) is 2.34. The largest absolute Gasteiger partial charge is 0.398 e. The van der Waals surface area contributed by atoms with E-state index in [4.69, 9.17) is 17.3 Å². The Balaban J connectivity index is 2.48. The summed E-state index contributed by atoms with van der Waals surface area (Å²) in [6, 6.07) is 5.36. The number of aromatic nitrogens is 2. The normalized spacial score (nSPS) is 10.3. The molecule has 5 heteroatoms. The minimum atomic E-state index is 0.603. The van der Waals surface area contributed by atoms with Crippen molar-refractivity contribution in [2.75, 3.05) is 17.7 Å². The first-order chi connectivity index (χ1) is 8.09. The zero-order valence-electron chi connectivity index (χ0n) is 9.68. The van der Waals surface area contributed by atoms with Crippen LogP contribution in [0.25, 0.3) is 0 Å². The number of hydrogen-bond acceptors (Lipinski definition) is 4. The van der Waals surface area contributed by atoms with Gasteiger partial charge < -0.3 is 10.6 Å². The fraction of sp³-hybridized carbons (Fsp3) is 0.167. The van der Waals surface area contributed by atoms with Crippen molar-refractivity contribution in [1.82, 2.24) is 9.97 Å². The van der Waals surface area contributed by atoms with Gasteiger partial charge in [-0.2, -0.15) is 0 Å². The lowest BCUT2D eigenvalue weighted by molar-refractivity contribution is 1.04. The summed E-state index contributed by atoms with van der Waals surface area (Å²) < 4.78 is 0. The highest BCUT2D eigenvalue weighted by molar-refractivity contribution is 6.31. The standard InChI is InChI=1S/C12H13ClN4/c1-8-10(14)6-9(13)7-11(8)17(2)12-15-4-3-5-16-12/h3-7H,14H2,1-2H3. The Bertz CT molecular complexity index is 528. The summed E-state index contributed by atoms with van der Waals surface area (Å²) in [4.78, 5) is 10.2. The molecule has 0 unspecified atom stereocenters. The lowest BCUT2D eigenvalue weighted by atomic mass is 10.1. The predicted octanol–water partition coefficient (Wildman–Crippen LogP) is 2.79. The third kappa shape index (κ3) is 2.31. The van der Waals surface area contributed by atoms with E-state index in [2.05, 4.69) is 9.97 Å². The molecule has 0 saturated carbocycles. The number of rotatable bonds is 2. The van der Waals surface area contributed by atoms with Crippen molar-refractivity contribution in [3.63, 3.8) is 0 Å². The summed E-state index contributed by atoms with van der Waals surface area (Å²) >= 11 is 6.01. The molecular weight excluding hydrogens is 236 g/mol. The third-order valence-corrected chi connectivity index (χ3v) is 2.82. The van der Waals surface area contributed by atoms with Crippen molar-refractivity contribution < 1.29 is 0 Å². The van der Waals surface area contributed by atoms with Gasteiger partial charge in [0.25, 0.3) is 0 Å². The number of halogens is 1. The number of nitrogen functional groups attached to an aromatic ring is 1. The molecule has 0 spiro atoms. The molecule has 4 nitrogen and oxygen atoms in total. The van der Waals surface area contributed by atoms with E-state index in [0.717, 1.165) is 11.3 Å². The fourth-order valence-electron chi connectivity index (χ4n) is 1.61. The first-order valence-corrected chi connectivity index (χ1v) is 5.54. The van der Waals surface area contributed by atoms with E-state index in [1.165, 1.54) is 0 Å². The maximum atomic E-state index is 6.01. The van der Waals surface area contributed by atoms with Crippen LogP contribution in [0.2, 0.25) is 5.02 Å². The minimum Gasteiger partial charge on any atom is -0.398 e. The van der Waals surface area contributed by atoms with Gasteiger partial charge >= 0.3 is 0 Å². The molecule has 1 aromatic heterocycles. The van der Waals surface area contributed by atoms with E-state index in [9.17, 15) is 0 Å². The van der Waals surface area contributed by atoms with Crippen LogP contribution < -0.4 is 10.6 Å². The number of nitrogens with zero attached hydrogens (tertiary/aromatic N) is 3. The summed E-state index contributed by atoms with van der Waals surface area (Å²) in [5.74, 6) is 0.609. The number of hydrogen-bond donors (Lipinski definition) is 1. The first-order valence-electron chi connectivity index (χ1n) is 5.16. The van der Waals surface area contributed by atoms with E-state index < -0.39 is 0 Å². The molecule has 1 aromatic carbocycles. The zero-order chi connectivity index (χ0) is 12.4. The highest BCUT2D eigenvalue weighted by Gasteiger charge is 2.11. The monoisotopic (exact) mass is 248 g/mol. The van der Waals surface area contributed by atoms with Crippen molar-refractivity contribution in [1.29, 1.82) is 0 Å². The summed E-state index contributed by atoms with van der Waals surface area (Å²) in [7, 11) is 1.88. The Morgan fingerprint density at radius 2 is 1.88 bits per heavy atom. The fourth-order valence-corrected chi connectivity index (χ4v) is 1.83. The van der Waals surface area contributed by atoms with Gasteiger partial charge in [0.15, 0.2) is 0 Å². The third-order valence-electron chi connectivity index (χ3n) is 2.60. The summed E-state index contributed by atoms with van der Waals surface area (Å²) in [5.41, 5.74) is 8.41. The SMILES string of the molecule is Cc1c(N)cc(Cl)cc1N(C)c1ncccn1. The Hall–Kier alpha value is -1.81. The van der Waals surface area contributed by atoms with Crippen LogP contribution in [0.5, 0.6) is 0 Å². The van der Waals surface area contributed by atoms with Crippen LogP contribution in [0.4, 0.5) is 17.3 Å². The van der Waals surface area contributed by atoms with Crippen LogP contribution in [0.1, 0.15) is 5.56 Å². The molecule has 0 bridgehead atoms. The van der Waals surface area contributed by atoms with Gasteiger partial charge in [0.2, 0.25) is 5.95 Å². The van der Waals surface area contributed by atoms with Gasteiger partial charge in [-0.05, 0) is 30.7 Å². The molecule has 0 radical (unpaired) electrons. The van der Waals surface area contributed by atoms with Crippen molar-refractivity contribution in [2.24, 2.45) is 0 Å². The molecule has 2 aromatic rings. The van der Waals surface area contributed by atoms with Gasteiger partial charge in [0, 0.05) is 35.8 Å². The van der Waals surface area contributed by atoms with Gasteiger partial charge in [0.1, 0.15) is 0 Å². The molecule has 0 amide bonds. The topological polar surface area (TPSA) is 55.0 Å². The van der Waals surface area contributed by atoms with E-state index >= 15 is 0 Å². The van der Waals surface area contributed by atoms with E-state index in [-0.39, 0.29) is 0 Å². The van der Waals surface area contributed by atoms with Crippen LogP contribution in [-0.4, -0.2) is 17.0 Å². The first kappa shape index (κ1) is 11.7. The van der Waals surface area contributed by atoms with Gasteiger partial charge in [-0.3, -0.25) is 0 Å². The maximum Gasteiger partial charge on any atom is 0.229 e. The predicted molar refractivity (Wildman–Crippen MR) is 70.7 cm³/mol. The lowest BCUT2D eigenvalue weighted by Gasteiger charge is -2.20. The molecule has 2 N–H and O–H groups in total. The summed E-state index contributed by atoms with van der Waals surface area (Å²) in [6.07, 6.45) is 3.39. The van der Waals surface area contributed by atoms with Gasteiger partial charge in [-0.1, -0.05) is 11.6 Å². The van der Waals surface area contributed by atoms with Crippen molar-refractivity contribution in [3.05, 3.63) is 41.2 Å². The van der Waals surface area contributed by atoms with E-state index in [1.807, 2.05) is 24.9 Å². The second-order valence-corrected chi connectivity index (χ2v) is 4.18. The molecule has 0 aliphatic heterocycles. The Kier molecular flexibility index (Phi) is 3.15. The number of nitrogens with two attached hydrogens (primary N) is 1. The number of benzene rings is 1. The highest BCUT2D eigenvalue weighted by Crippen LogP contribution is 2.31. The van der Waals surface area contributed by atoms with E-state index in [0.29, 0.717) is 16.7 Å². The zero-order valence-corrected chi connectivity index (χ0v) is 10.4. The van der Waals surface area contributed by atoms with E-state index in [1.54, 1.807) is 24.5 Å². The molecule has 0 aliphatic carbocycles. The average molecular weight is 249 g/mol. The Morgan fingerprint density at radius 3 is 2.53 bits per heavy atom. The van der Waals surface area contributed by atoms with Crippen LogP contribution in [0, 0.1) is 6.92 Å². The van der Waals surface area contributed by atoms with Gasteiger partial charge in [-0.25, -0.2) is 9.97 Å². The van der Waals surface area contributed by atoms with Crippen molar-refractivity contribution >= 4 is 28.9 Å². The second kappa shape index (κ2) is 4.59. The lowest BCUT2D eigenvalue weighted by Crippen LogP contribution is -2.14. The van der Waals surface area contributed by atoms with Crippen LogP contribution >= 0.6 is 11.6 Å². The molecule has 0 aliphatic rings. The smallest absolute Gasteiger partial charge is 0.229 e. The molecule has 17 heavy (non-hydrogen) atoms. The highest BCUT2D eigenvalue weighted by atomic mass is 35.5. The van der Waals surface area contributed by atoms with Gasteiger partial charge in [0.05, 0.1) is 0 Å². The molecule has 0 saturated heterocycles. The summed E-state index contributed by atoms with van der Waals surface area (Å²) in [6.45, 7) is 1.94. The molecule has 88 valence electrons. The quantitative estimate of drug-likeness (QED) is 0.831. The van der Waals surface area contributed by atoms with Crippen LogP contribution in [0.3, 0.4) is 0 Å². The Morgan fingerprint density at radius 1 is 1.24 bits per heavy atom. The molecule has 0 fully saturated rings. The molecule has 1 heterocycles. The molecular formula is C12H13ClN4. The van der Waals surface area contributed by atoms with Crippen molar-refractivity contribution in [3.8, 4) is 0 Å². The maximum absolute atomic E-state index is 6.01.